The molecular formula is C71H101N15O3. The molecule has 0 bridgehead atoms. The molecule has 8 N–H and O–H groups in total. The minimum absolute atomic E-state index is 0. The molecule has 89 heavy (non-hydrogen) atoms. The number of aromatic nitrogens is 9. The predicted molar refractivity (Wildman–Crippen MR) is 378 cm³/mol. The summed E-state index contributed by atoms with van der Waals surface area (Å²) < 4.78 is 12.2. The summed E-state index contributed by atoms with van der Waals surface area (Å²) in [4.78, 5) is 33.2. The molecule has 18 heteroatoms. The third kappa shape index (κ3) is 16.6. The fourth-order valence-corrected chi connectivity index (χ4v) is 10.7. The van der Waals surface area contributed by atoms with Crippen molar-refractivity contribution in [3.05, 3.63) is 145 Å². The highest BCUT2D eigenvalue weighted by molar-refractivity contribution is 6.09. The van der Waals surface area contributed by atoms with Crippen LogP contribution >= 0.6 is 0 Å². The van der Waals surface area contributed by atoms with E-state index in [-0.39, 0.29) is 35.3 Å². The predicted octanol–water partition coefficient (Wildman–Crippen LogP) is 15.1. The molecular weight excluding hydrogens is 1110 g/mol. The van der Waals surface area contributed by atoms with Crippen molar-refractivity contribution < 1.29 is 14.9 Å². The van der Waals surface area contributed by atoms with Crippen LogP contribution in [0.4, 0.5) is 35.3 Å². The quantitative estimate of drug-likeness (QED) is 0.0394. The Morgan fingerprint density at radius 3 is 1.30 bits per heavy atom. The molecule has 0 aliphatic rings. The van der Waals surface area contributed by atoms with Crippen LogP contribution in [-0.2, 0) is 37.5 Å². The second kappa shape index (κ2) is 30.6. The van der Waals surface area contributed by atoms with Crippen LogP contribution in [0.25, 0.3) is 65.8 Å². The van der Waals surface area contributed by atoms with Crippen LogP contribution in [0.3, 0.4) is 0 Å². The van der Waals surface area contributed by atoms with Crippen LogP contribution in [-0.4, -0.2) is 104 Å². The van der Waals surface area contributed by atoms with Gasteiger partial charge in [0.1, 0.15) is 16.6 Å². The zero-order valence-electron chi connectivity index (χ0n) is 51.4. The molecule has 0 saturated heterocycles. The summed E-state index contributed by atoms with van der Waals surface area (Å²) in [5.41, 5.74) is 20.5. The summed E-state index contributed by atoms with van der Waals surface area (Å²) in [6.45, 7) is 23.3. The van der Waals surface area contributed by atoms with Crippen LogP contribution < -0.4 is 31.9 Å². The van der Waals surface area contributed by atoms with Gasteiger partial charge in [-0.3, -0.25) is 0 Å². The number of ether oxygens (including phenoxy) is 1. The second-order valence-corrected chi connectivity index (χ2v) is 23.8. The van der Waals surface area contributed by atoms with Gasteiger partial charge in [-0.15, -0.1) is 0 Å². The Balaban J connectivity index is 0.000000248. The zero-order chi connectivity index (χ0) is 60.6. The maximum absolute atomic E-state index is 10.4. The molecule has 0 atom stereocenters. The number of nitrogens with one attached hydrogen (secondary N) is 2. The number of nitrogens with zero attached hydrogens (tertiary/aromatic N) is 11. The third-order valence-corrected chi connectivity index (χ3v) is 14.6. The minimum Gasteiger partial charge on any atom is -0.389 e. The molecule has 0 aliphatic carbocycles. The molecule has 0 radical (unpaired) electrons. The van der Waals surface area contributed by atoms with Crippen molar-refractivity contribution >= 4 is 101 Å². The molecule has 5 aromatic carbocycles. The molecule has 0 spiro atoms. The topological polar surface area (TPSA) is 224 Å². The zero-order valence-corrected chi connectivity index (χ0v) is 51.4. The van der Waals surface area contributed by atoms with Crippen molar-refractivity contribution in [1.29, 1.82) is 0 Å². The second-order valence-electron chi connectivity index (χ2n) is 23.8. The van der Waals surface area contributed by atoms with E-state index >= 15 is 0 Å². The van der Waals surface area contributed by atoms with Gasteiger partial charge in [0.15, 0.2) is 17.5 Å². The summed E-state index contributed by atoms with van der Waals surface area (Å²) >= 11 is 0. The molecule has 6 aromatic heterocycles. The van der Waals surface area contributed by atoms with Gasteiger partial charge in [-0.2, -0.15) is 0 Å². The highest BCUT2D eigenvalue weighted by Crippen LogP contribution is 2.38. The van der Waals surface area contributed by atoms with Crippen molar-refractivity contribution in [2.45, 2.75) is 161 Å². The van der Waals surface area contributed by atoms with E-state index in [1.54, 1.807) is 34.8 Å². The first-order valence-corrected chi connectivity index (χ1v) is 29.6. The van der Waals surface area contributed by atoms with Gasteiger partial charge in [0.2, 0.25) is 17.8 Å². The third-order valence-electron chi connectivity index (χ3n) is 14.6. The fourth-order valence-electron chi connectivity index (χ4n) is 10.7. The molecule has 0 fully saturated rings. The highest BCUT2D eigenvalue weighted by Gasteiger charge is 2.28. The van der Waals surface area contributed by atoms with Gasteiger partial charge in [-0.1, -0.05) is 166 Å². The molecule has 0 saturated carbocycles. The van der Waals surface area contributed by atoms with E-state index in [9.17, 15) is 10.2 Å². The first-order valence-electron chi connectivity index (χ1n) is 29.6. The van der Waals surface area contributed by atoms with E-state index in [0.29, 0.717) is 48.3 Å². The first kappa shape index (κ1) is 71.2. The van der Waals surface area contributed by atoms with E-state index in [4.69, 9.17) is 31.2 Å². The molecule has 18 nitrogen and oxygen atoms in total. The number of nitrogens with two attached hydrogens (primary N) is 2. The number of hydrogen-bond donors (Lipinski definition) is 6. The van der Waals surface area contributed by atoms with Crippen LogP contribution in [0.5, 0.6) is 0 Å². The number of fused-ring (bicyclic) bond motifs is 9. The largest absolute Gasteiger partial charge is 0.389 e. The Morgan fingerprint density at radius 2 is 0.865 bits per heavy atom. The Bertz CT molecular complexity index is 3990. The van der Waals surface area contributed by atoms with Gasteiger partial charge in [-0.25, -0.2) is 29.9 Å². The molecule has 0 unspecified atom stereocenters. The first-order chi connectivity index (χ1) is 40.7. The van der Waals surface area contributed by atoms with Crippen molar-refractivity contribution in [2.24, 2.45) is 0 Å². The number of hydrogen-bond acceptors (Lipinski definition) is 15. The summed E-state index contributed by atoms with van der Waals surface area (Å²) in [5, 5.41) is 30.7. The lowest BCUT2D eigenvalue weighted by molar-refractivity contribution is 0.00946. The van der Waals surface area contributed by atoms with Crippen molar-refractivity contribution in [3.63, 3.8) is 0 Å². The summed E-state index contributed by atoms with van der Waals surface area (Å²) in [7, 11) is 3.78. The van der Waals surface area contributed by atoms with Crippen LogP contribution in [0.2, 0.25) is 0 Å². The standard InChI is InChI=1S/C32H37N5O.C18H25N5O.C17H23N5O.4CH4/c1-5-20-33-31-35-28-29(37(31)23-32(2,3)38-4)26-18-12-13-19-27(26)34-30(28)36(21-24-14-8-6-9-15-24)22-25-16-10-7-11-17-25;1-5-10-22(4)17-21-14-15(23(17)11-18(2,3)24)12-8-6-7-9-13(12)20-16(14)19;1-4-9-19-16-21-13-14(22(16)10-17(2,3)23)11-7-5-6-8-12(11)20-15(13)18;;;;/h6-19H,5,20-23H2,1-4H3,(H,33,35);6-9,24H,5,10-11H2,1-4H3,(H2,19,20);5-8,23H,4,9-10H2,1-3H3,(H2,18,20)(H,19,21);4*1H4. The van der Waals surface area contributed by atoms with Crippen LogP contribution in [0.1, 0.15) is 122 Å². The number of imidazole rings is 3. The average molecular weight is 1210 g/mol. The number of benzene rings is 5. The molecule has 11 aromatic rings. The number of rotatable bonds is 21. The summed E-state index contributed by atoms with van der Waals surface area (Å²) in [5.74, 6) is 4.09. The Morgan fingerprint density at radius 1 is 0.483 bits per heavy atom. The van der Waals surface area contributed by atoms with Gasteiger partial charge in [0.05, 0.1) is 69.5 Å². The maximum atomic E-state index is 10.4. The van der Waals surface area contributed by atoms with Gasteiger partial charge >= 0.3 is 0 Å². The van der Waals surface area contributed by atoms with Gasteiger partial charge in [0, 0.05) is 63.0 Å². The summed E-state index contributed by atoms with van der Waals surface area (Å²) in [6, 6.07) is 45.3. The SMILES string of the molecule is C.C.C.C.CCCN(C)c1nc2c(N)nc3ccccc3c2n1CC(C)(C)O.CCCNc1nc2c(N(Cc3ccccc3)Cc3ccccc3)nc3ccccc3c2n1CC(C)(C)OC.CCCNc1nc2c(N)nc3ccccc3c2n1CC(C)(C)O. The molecule has 11 rings (SSSR count). The Labute approximate surface area is 528 Å². The van der Waals surface area contributed by atoms with Crippen molar-refractivity contribution in [2.75, 3.05) is 65.7 Å². The maximum Gasteiger partial charge on any atom is 0.206 e. The fraction of sp³-hybridized carbons (Fsp3) is 0.408. The lowest BCUT2D eigenvalue weighted by atomic mass is 10.1. The average Bonchev–Trinajstić information content (AvgIpc) is 1.67. The molecule has 478 valence electrons. The molecule has 0 aliphatic heterocycles. The van der Waals surface area contributed by atoms with Gasteiger partial charge in [0.25, 0.3) is 0 Å². The van der Waals surface area contributed by atoms with Gasteiger partial charge in [-0.05, 0) is 90.1 Å². The number of para-hydroxylation sites is 3. The number of nitrogen functional groups attached to an aromatic ring is 2. The number of pyridine rings is 3. The van der Waals surface area contributed by atoms with Gasteiger partial charge < -0.3 is 60.6 Å². The lowest BCUT2D eigenvalue weighted by Gasteiger charge is -2.26. The molecule has 6 heterocycles. The van der Waals surface area contributed by atoms with Crippen LogP contribution in [0.15, 0.2) is 133 Å². The van der Waals surface area contributed by atoms with E-state index in [1.165, 1.54) is 11.1 Å². The van der Waals surface area contributed by atoms with E-state index in [0.717, 1.165) is 124 Å². The number of anilines is 6. The van der Waals surface area contributed by atoms with Crippen LogP contribution in [0, 0.1) is 0 Å². The van der Waals surface area contributed by atoms with Crippen molar-refractivity contribution in [3.8, 4) is 0 Å². The monoisotopic (exact) mass is 1210 g/mol. The number of aliphatic hydroxyl groups is 2. The summed E-state index contributed by atoms with van der Waals surface area (Å²) in [6.07, 6.45) is 3.01. The normalized spacial score (nSPS) is 11.5. The van der Waals surface area contributed by atoms with E-state index in [1.807, 2.05) is 60.1 Å². The Hall–Kier alpha value is -8.58. The molecule has 0 amide bonds. The van der Waals surface area contributed by atoms with E-state index < -0.39 is 11.2 Å². The smallest absolute Gasteiger partial charge is 0.206 e. The number of methoxy groups -OCH3 is 1. The highest BCUT2D eigenvalue weighted by atomic mass is 16.5. The van der Waals surface area contributed by atoms with Crippen molar-refractivity contribution in [1.82, 2.24) is 43.6 Å². The Kier molecular flexibility index (Phi) is 24.4. The lowest BCUT2D eigenvalue weighted by Crippen LogP contribution is -2.29. The minimum atomic E-state index is -0.866. The van der Waals surface area contributed by atoms with E-state index in [2.05, 4.69) is 164 Å².